The van der Waals surface area contributed by atoms with Gasteiger partial charge in [-0.2, -0.15) is 0 Å². The lowest BCUT2D eigenvalue weighted by Gasteiger charge is -2.19. The molecule has 6 heteroatoms. The summed E-state index contributed by atoms with van der Waals surface area (Å²) >= 11 is 3.20. The molecule has 4 nitrogen and oxygen atoms in total. The van der Waals surface area contributed by atoms with Crippen LogP contribution in [0.3, 0.4) is 0 Å². The van der Waals surface area contributed by atoms with Crippen LogP contribution in [0.2, 0.25) is 0 Å². The van der Waals surface area contributed by atoms with Crippen molar-refractivity contribution in [1.82, 2.24) is 0 Å². The van der Waals surface area contributed by atoms with Gasteiger partial charge in [0.15, 0.2) is 0 Å². The molecule has 0 aliphatic carbocycles. The first-order valence-electron chi connectivity index (χ1n) is 6.52. The first kappa shape index (κ1) is 15.0. The van der Waals surface area contributed by atoms with Gasteiger partial charge in [0.1, 0.15) is 11.5 Å². The molecule has 3 rings (SSSR count). The van der Waals surface area contributed by atoms with Gasteiger partial charge < -0.3 is 9.47 Å². The molecule has 0 saturated carbocycles. The lowest BCUT2D eigenvalue weighted by Crippen LogP contribution is -2.02. The fourth-order valence-electron chi connectivity index (χ4n) is 2.00. The van der Waals surface area contributed by atoms with Crippen molar-refractivity contribution in [3.63, 3.8) is 0 Å². The molecule has 0 aromatic heterocycles. The zero-order valence-corrected chi connectivity index (χ0v) is 13.5. The molecule has 0 N–H and O–H groups in total. The largest absolute Gasteiger partial charge is 0.427 e. The highest BCUT2D eigenvalue weighted by Crippen LogP contribution is 2.50. The van der Waals surface area contributed by atoms with Crippen molar-refractivity contribution in [3.05, 3.63) is 36.4 Å². The van der Waals surface area contributed by atoms with Gasteiger partial charge in [-0.3, -0.25) is 9.59 Å². The Morgan fingerprint density at radius 1 is 0.727 bits per heavy atom. The Labute approximate surface area is 136 Å². The van der Waals surface area contributed by atoms with Gasteiger partial charge >= 0.3 is 11.9 Å². The van der Waals surface area contributed by atoms with Gasteiger partial charge in [0.05, 0.1) is 0 Å². The van der Waals surface area contributed by atoms with Crippen molar-refractivity contribution >= 4 is 35.5 Å². The van der Waals surface area contributed by atoms with Crippen LogP contribution in [0, 0.1) is 0 Å². The average molecular weight is 332 g/mol. The number of fused-ring (bicyclic) bond motifs is 2. The van der Waals surface area contributed by atoms with Crippen molar-refractivity contribution in [2.75, 3.05) is 0 Å². The monoisotopic (exact) mass is 332 g/mol. The van der Waals surface area contributed by atoms with E-state index in [9.17, 15) is 9.59 Å². The molecule has 2 aromatic carbocycles. The number of rotatable bonds is 2. The van der Waals surface area contributed by atoms with E-state index in [0.717, 1.165) is 19.6 Å². The zero-order valence-electron chi connectivity index (χ0n) is 11.9. The highest BCUT2D eigenvalue weighted by atomic mass is 32.2. The zero-order chi connectivity index (χ0) is 15.7. The van der Waals surface area contributed by atoms with Crippen LogP contribution < -0.4 is 9.47 Å². The molecule has 1 heterocycles. The Morgan fingerprint density at radius 2 is 1.14 bits per heavy atom. The average Bonchev–Trinajstić information content (AvgIpc) is 2.44. The summed E-state index contributed by atoms with van der Waals surface area (Å²) in [5.41, 5.74) is 0. The predicted octanol–water partition coefficient (Wildman–Crippen LogP) is 4.15. The van der Waals surface area contributed by atoms with Crippen molar-refractivity contribution in [1.29, 1.82) is 0 Å². The molecule has 112 valence electrons. The molecule has 22 heavy (non-hydrogen) atoms. The molecule has 1 aliphatic heterocycles. The number of hydrogen-bond donors (Lipinski definition) is 0. The molecule has 0 spiro atoms. The maximum atomic E-state index is 11.0. The van der Waals surface area contributed by atoms with Crippen molar-refractivity contribution in [3.8, 4) is 11.5 Å². The fourth-order valence-corrected chi connectivity index (χ4v) is 4.25. The van der Waals surface area contributed by atoms with Gasteiger partial charge in [0.25, 0.3) is 0 Å². The molecule has 0 amide bonds. The second-order valence-corrected chi connectivity index (χ2v) is 6.78. The van der Waals surface area contributed by atoms with E-state index < -0.39 is 0 Å². The summed E-state index contributed by atoms with van der Waals surface area (Å²) in [6.45, 7) is 2.76. The van der Waals surface area contributed by atoms with Gasteiger partial charge in [0, 0.05) is 33.4 Å². The predicted molar refractivity (Wildman–Crippen MR) is 83.7 cm³/mol. The third kappa shape index (κ3) is 3.28. The maximum Gasteiger partial charge on any atom is 0.308 e. The van der Waals surface area contributed by atoms with Crippen LogP contribution in [0.25, 0.3) is 0 Å². The Kier molecular flexibility index (Phi) is 4.13. The number of ether oxygens (including phenoxy) is 2. The fraction of sp³-hybridized carbons (Fsp3) is 0.125. The summed E-state index contributed by atoms with van der Waals surface area (Å²) in [5, 5.41) is 0. The molecule has 0 unspecified atom stereocenters. The van der Waals surface area contributed by atoms with Gasteiger partial charge in [-0.1, -0.05) is 23.5 Å². The minimum absolute atomic E-state index is 0.333. The standard InChI is InChI=1S/C16H12O4S2/c1-9(17)19-11-3-5-13-15(7-11)21-14-6-4-12(20-10(2)18)8-16(14)22-13/h3-8H,1-2H3. The van der Waals surface area contributed by atoms with E-state index in [1.807, 2.05) is 24.3 Å². The van der Waals surface area contributed by atoms with Crippen molar-refractivity contribution in [2.45, 2.75) is 33.4 Å². The van der Waals surface area contributed by atoms with Crippen LogP contribution in [0.4, 0.5) is 0 Å². The van der Waals surface area contributed by atoms with Gasteiger partial charge in [-0.25, -0.2) is 0 Å². The van der Waals surface area contributed by atoms with Crippen LogP contribution in [-0.2, 0) is 9.59 Å². The number of carbonyl (C=O) groups is 2. The third-order valence-electron chi connectivity index (χ3n) is 2.79. The Morgan fingerprint density at radius 3 is 1.50 bits per heavy atom. The maximum absolute atomic E-state index is 11.0. The number of benzene rings is 2. The number of carbonyl (C=O) groups excluding carboxylic acids is 2. The molecule has 0 radical (unpaired) electrons. The van der Waals surface area contributed by atoms with Crippen molar-refractivity contribution in [2.24, 2.45) is 0 Å². The molecule has 1 aliphatic rings. The normalized spacial score (nSPS) is 12.1. The van der Waals surface area contributed by atoms with Crippen LogP contribution >= 0.6 is 23.5 Å². The van der Waals surface area contributed by atoms with Gasteiger partial charge in [-0.15, -0.1) is 0 Å². The lowest BCUT2D eigenvalue weighted by molar-refractivity contribution is -0.132. The van der Waals surface area contributed by atoms with E-state index in [1.54, 1.807) is 35.7 Å². The summed E-state index contributed by atoms with van der Waals surface area (Å²) < 4.78 is 10.2. The second-order valence-electron chi connectivity index (χ2n) is 4.61. The van der Waals surface area contributed by atoms with E-state index in [0.29, 0.717) is 11.5 Å². The highest BCUT2D eigenvalue weighted by molar-refractivity contribution is 8.05. The number of esters is 2. The summed E-state index contributed by atoms with van der Waals surface area (Å²) in [7, 11) is 0. The quantitative estimate of drug-likeness (QED) is 0.519. The summed E-state index contributed by atoms with van der Waals surface area (Å²) in [6.07, 6.45) is 0. The molecule has 2 aromatic rings. The van der Waals surface area contributed by atoms with Crippen LogP contribution in [0.5, 0.6) is 11.5 Å². The smallest absolute Gasteiger partial charge is 0.308 e. The summed E-state index contributed by atoms with van der Waals surface area (Å²) in [6, 6.07) is 11.1. The van der Waals surface area contributed by atoms with E-state index in [4.69, 9.17) is 9.47 Å². The van der Waals surface area contributed by atoms with E-state index >= 15 is 0 Å². The van der Waals surface area contributed by atoms with Gasteiger partial charge in [-0.05, 0) is 36.4 Å². The Hall–Kier alpha value is -1.92. The molecule has 0 saturated heterocycles. The molecule has 0 bridgehead atoms. The van der Waals surface area contributed by atoms with Gasteiger partial charge in [0.2, 0.25) is 0 Å². The third-order valence-corrected chi connectivity index (χ3v) is 5.32. The minimum Gasteiger partial charge on any atom is -0.427 e. The van der Waals surface area contributed by atoms with E-state index in [-0.39, 0.29) is 11.9 Å². The van der Waals surface area contributed by atoms with E-state index in [1.165, 1.54) is 13.8 Å². The Bertz CT molecular complexity index is 705. The Balaban J connectivity index is 1.88. The molecule has 0 atom stereocenters. The van der Waals surface area contributed by atoms with Crippen LogP contribution in [0.15, 0.2) is 56.0 Å². The van der Waals surface area contributed by atoms with Crippen LogP contribution in [-0.4, -0.2) is 11.9 Å². The first-order chi connectivity index (χ1) is 10.5. The molecular formula is C16H12O4S2. The van der Waals surface area contributed by atoms with Crippen LogP contribution in [0.1, 0.15) is 13.8 Å². The highest BCUT2D eigenvalue weighted by Gasteiger charge is 2.19. The summed E-state index contributed by atoms with van der Waals surface area (Å²) in [5.74, 6) is 0.415. The van der Waals surface area contributed by atoms with Crippen molar-refractivity contribution < 1.29 is 19.1 Å². The molecule has 0 fully saturated rings. The number of hydrogen-bond acceptors (Lipinski definition) is 6. The lowest BCUT2D eigenvalue weighted by atomic mass is 10.3. The first-order valence-corrected chi connectivity index (χ1v) is 8.15. The van der Waals surface area contributed by atoms with E-state index in [2.05, 4.69) is 0 Å². The SMILES string of the molecule is CC(=O)Oc1ccc2c(c1)Sc1ccc(OC(C)=O)cc1S2. The topological polar surface area (TPSA) is 52.6 Å². The summed E-state index contributed by atoms with van der Waals surface area (Å²) in [4.78, 5) is 26.3. The minimum atomic E-state index is -0.333. The second kappa shape index (κ2) is 6.06. The molecular weight excluding hydrogens is 320 g/mol.